The molecular formula is C21H27NO3. The van der Waals surface area contributed by atoms with E-state index >= 15 is 0 Å². The number of carbonyl (C=O) groups excluding carboxylic acids is 1. The van der Waals surface area contributed by atoms with Crippen molar-refractivity contribution in [3.8, 4) is 0 Å². The lowest BCUT2D eigenvalue weighted by molar-refractivity contribution is 0.0696. The van der Waals surface area contributed by atoms with Crippen LogP contribution in [0, 0.1) is 6.92 Å². The van der Waals surface area contributed by atoms with E-state index in [-0.39, 0.29) is 5.78 Å². The fourth-order valence-electron chi connectivity index (χ4n) is 4.10. The molecule has 25 heavy (non-hydrogen) atoms. The van der Waals surface area contributed by atoms with E-state index in [9.17, 15) is 14.7 Å². The van der Waals surface area contributed by atoms with Gasteiger partial charge in [0.05, 0.1) is 11.3 Å². The number of carboxylic acids is 1. The number of hydrogen-bond acceptors (Lipinski definition) is 2. The Kier molecular flexibility index (Phi) is 5.26. The van der Waals surface area contributed by atoms with Gasteiger partial charge in [0.25, 0.3) is 0 Å². The van der Waals surface area contributed by atoms with Crippen molar-refractivity contribution in [1.82, 2.24) is 4.98 Å². The second-order valence-corrected chi connectivity index (χ2v) is 7.29. The van der Waals surface area contributed by atoms with Crippen LogP contribution in [0.5, 0.6) is 0 Å². The van der Waals surface area contributed by atoms with Gasteiger partial charge in [0.1, 0.15) is 0 Å². The summed E-state index contributed by atoms with van der Waals surface area (Å²) in [5.41, 5.74) is 3.73. The molecule has 0 spiro atoms. The molecule has 4 heteroatoms. The first-order valence-electron chi connectivity index (χ1n) is 9.45. The van der Waals surface area contributed by atoms with Crippen molar-refractivity contribution >= 4 is 22.7 Å². The predicted molar refractivity (Wildman–Crippen MR) is 99.7 cm³/mol. The van der Waals surface area contributed by atoms with Gasteiger partial charge in [0.2, 0.25) is 0 Å². The van der Waals surface area contributed by atoms with Gasteiger partial charge in [-0.15, -0.1) is 0 Å². The van der Waals surface area contributed by atoms with Crippen molar-refractivity contribution in [2.24, 2.45) is 0 Å². The van der Waals surface area contributed by atoms with E-state index in [1.54, 1.807) is 6.07 Å². The first-order valence-corrected chi connectivity index (χ1v) is 9.45. The van der Waals surface area contributed by atoms with Crippen LogP contribution < -0.4 is 0 Å². The van der Waals surface area contributed by atoms with Crippen LogP contribution in [-0.4, -0.2) is 21.8 Å². The van der Waals surface area contributed by atoms with Gasteiger partial charge in [-0.25, -0.2) is 4.79 Å². The quantitative estimate of drug-likeness (QED) is 0.672. The summed E-state index contributed by atoms with van der Waals surface area (Å²) in [6, 6.07) is 3.64. The summed E-state index contributed by atoms with van der Waals surface area (Å²) < 4.78 is 0. The van der Waals surface area contributed by atoms with E-state index in [4.69, 9.17) is 0 Å². The van der Waals surface area contributed by atoms with Crippen molar-refractivity contribution in [3.63, 3.8) is 0 Å². The van der Waals surface area contributed by atoms with Crippen LogP contribution in [0.4, 0.5) is 0 Å². The summed E-state index contributed by atoms with van der Waals surface area (Å²) in [5, 5.41) is 10.4. The van der Waals surface area contributed by atoms with Gasteiger partial charge < -0.3 is 10.1 Å². The monoisotopic (exact) mass is 341 g/mol. The molecule has 4 nitrogen and oxygen atoms in total. The van der Waals surface area contributed by atoms with Crippen LogP contribution >= 0.6 is 0 Å². The topological polar surface area (TPSA) is 70.2 Å². The highest BCUT2D eigenvalue weighted by atomic mass is 16.4. The number of carbonyl (C=O) groups is 2. The number of H-pyrrole nitrogens is 1. The van der Waals surface area contributed by atoms with E-state index in [2.05, 4.69) is 11.9 Å². The first kappa shape index (κ1) is 17.7. The molecule has 1 heterocycles. The fraction of sp³-hybridized carbons (Fsp3) is 0.524. The molecule has 0 atom stereocenters. The van der Waals surface area contributed by atoms with Crippen molar-refractivity contribution in [2.75, 3.05) is 0 Å². The third-order valence-corrected chi connectivity index (χ3v) is 5.46. The molecule has 0 radical (unpaired) electrons. The number of carboxylic acid groups (broad SMARTS) is 1. The third-order valence-electron chi connectivity index (χ3n) is 5.46. The molecule has 0 unspecified atom stereocenters. The molecule has 134 valence electrons. The van der Waals surface area contributed by atoms with Crippen molar-refractivity contribution in [2.45, 2.75) is 71.1 Å². The van der Waals surface area contributed by atoms with Gasteiger partial charge in [-0.05, 0) is 55.4 Å². The van der Waals surface area contributed by atoms with Gasteiger partial charge in [0, 0.05) is 17.3 Å². The highest BCUT2D eigenvalue weighted by Crippen LogP contribution is 2.40. The minimum Gasteiger partial charge on any atom is -0.478 e. The Morgan fingerprint density at radius 1 is 1.20 bits per heavy atom. The number of fused-ring (bicyclic) bond motifs is 1. The highest BCUT2D eigenvalue weighted by molar-refractivity contribution is 6.04. The van der Waals surface area contributed by atoms with Crippen molar-refractivity contribution < 1.29 is 14.7 Å². The van der Waals surface area contributed by atoms with Gasteiger partial charge in [-0.1, -0.05) is 32.6 Å². The standard InChI is InChI=1S/C21H27NO3/c1-3-4-10-18(23)20-19(14-8-6-5-7-9-14)16-12-15(21(24)25)13(2)11-17(16)22-20/h11-12,14,22H,3-10H2,1-2H3,(H,24,25). The van der Waals surface area contributed by atoms with E-state index in [0.29, 0.717) is 17.9 Å². The largest absolute Gasteiger partial charge is 0.478 e. The van der Waals surface area contributed by atoms with E-state index in [1.165, 1.54) is 19.3 Å². The number of nitrogens with one attached hydrogen (secondary N) is 1. The Morgan fingerprint density at radius 2 is 1.92 bits per heavy atom. The summed E-state index contributed by atoms with van der Waals surface area (Å²) in [4.78, 5) is 27.7. The number of aromatic carboxylic acids is 1. The van der Waals surface area contributed by atoms with Crippen LogP contribution in [-0.2, 0) is 0 Å². The van der Waals surface area contributed by atoms with Crippen LogP contribution in [0.3, 0.4) is 0 Å². The average molecular weight is 341 g/mol. The summed E-state index contributed by atoms with van der Waals surface area (Å²) in [5.74, 6) is -0.394. The van der Waals surface area contributed by atoms with Crippen LogP contribution in [0.25, 0.3) is 10.9 Å². The van der Waals surface area contributed by atoms with E-state index < -0.39 is 5.97 Å². The number of Topliss-reactive ketones (excluding diaryl/α,β-unsaturated/α-hetero) is 1. The number of aromatic amines is 1. The van der Waals surface area contributed by atoms with E-state index in [1.807, 2.05) is 13.0 Å². The smallest absolute Gasteiger partial charge is 0.335 e. The Bertz CT molecular complexity index is 797. The second-order valence-electron chi connectivity index (χ2n) is 7.29. The number of aryl methyl sites for hydroxylation is 1. The zero-order valence-electron chi connectivity index (χ0n) is 15.2. The molecule has 1 aromatic heterocycles. The molecule has 1 aromatic carbocycles. The molecule has 2 aromatic rings. The molecule has 0 amide bonds. The zero-order valence-corrected chi connectivity index (χ0v) is 15.2. The fourth-order valence-corrected chi connectivity index (χ4v) is 4.10. The number of unbranched alkanes of at least 4 members (excludes halogenated alkanes) is 1. The summed E-state index contributed by atoms with van der Waals surface area (Å²) in [7, 11) is 0. The maximum atomic E-state index is 12.8. The maximum absolute atomic E-state index is 12.8. The minimum atomic E-state index is -0.908. The number of hydrogen-bond donors (Lipinski definition) is 2. The van der Waals surface area contributed by atoms with Crippen molar-refractivity contribution in [1.29, 1.82) is 0 Å². The lowest BCUT2D eigenvalue weighted by Gasteiger charge is -2.22. The van der Waals surface area contributed by atoms with Gasteiger partial charge >= 0.3 is 5.97 Å². The Hall–Kier alpha value is -2.10. The third kappa shape index (κ3) is 3.48. The Morgan fingerprint density at radius 3 is 2.56 bits per heavy atom. The molecule has 2 N–H and O–H groups in total. The van der Waals surface area contributed by atoms with Gasteiger partial charge in [-0.2, -0.15) is 0 Å². The number of benzene rings is 1. The predicted octanol–water partition coefficient (Wildman–Crippen LogP) is 5.60. The normalized spacial score (nSPS) is 15.6. The lowest BCUT2D eigenvalue weighted by Crippen LogP contribution is -2.10. The van der Waals surface area contributed by atoms with Gasteiger partial charge in [0.15, 0.2) is 5.78 Å². The SMILES string of the molecule is CCCCC(=O)c1[nH]c2cc(C)c(C(=O)O)cc2c1C1CCCCC1. The van der Waals surface area contributed by atoms with Gasteiger partial charge in [-0.3, -0.25) is 4.79 Å². The Labute approximate surface area is 148 Å². The second kappa shape index (κ2) is 7.42. The zero-order chi connectivity index (χ0) is 18.0. The van der Waals surface area contributed by atoms with E-state index in [0.717, 1.165) is 53.4 Å². The molecule has 0 bridgehead atoms. The highest BCUT2D eigenvalue weighted by Gasteiger charge is 2.26. The summed E-state index contributed by atoms with van der Waals surface area (Å²) in [6.45, 7) is 3.89. The summed E-state index contributed by atoms with van der Waals surface area (Å²) >= 11 is 0. The first-order chi connectivity index (χ1) is 12.0. The Balaban J connectivity index is 2.16. The van der Waals surface area contributed by atoms with Crippen LogP contribution in [0.1, 0.15) is 96.2 Å². The molecule has 1 saturated carbocycles. The number of rotatable bonds is 6. The molecule has 1 aliphatic rings. The average Bonchev–Trinajstić information content (AvgIpc) is 2.97. The number of aromatic nitrogens is 1. The number of ketones is 1. The minimum absolute atomic E-state index is 0.160. The van der Waals surface area contributed by atoms with Crippen LogP contribution in [0.15, 0.2) is 12.1 Å². The van der Waals surface area contributed by atoms with Crippen molar-refractivity contribution in [3.05, 3.63) is 34.5 Å². The van der Waals surface area contributed by atoms with Crippen LogP contribution in [0.2, 0.25) is 0 Å². The molecular weight excluding hydrogens is 314 g/mol. The summed E-state index contributed by atoms with van der Waals surface area (Å²) in [6.07, 6.45) is 8.19. The molecule has 0 aliphatic heterocycles. The molecule has 1 aliphatic carbocycles. The molecule has 0 saturated heterocycles. The lowest BCUT2D eigenvalue weighted by atomic mass is 9.81. The molecule has 3 rings (SSSR count). The maximum Gasteiger partial charge on any atom is 0.335 e. The molecule has 1 fully saturated rings.